The van der Waals surface area contributed by atoms with Gasteiger partial charge in [0.15, 0.2) is 0 Å². The Kier molecular flexibility index (Phi) is 3.81. The van der Waals surface area contributed by atoms with Gasteiger partial charge < -0.3 is 14.8 Å². The number of piperazine rings is 1. The van der Waals surface area contributed by atoms with E-state index in [1.165, 1.54) is 15.9 Å². The van der Waals surface area contributed by atoms with Gasteiger partial charge in [0.2, 0.25) is 6.29 Å². The Morgan fingerprint density at radius 1 is 1.04 bits per heavy atom. The fourth-order valence-electron chi connectivity index (χ4n) is 2.65. The number of amides is 2. The summed E-state index contributed by atoms with van der Waals surface area (Å²) in [6.45, 7) is 1.05. The van der Waals surface area contributed by atoms with E-state index in [9.17, 15) is 23.2 Å². The van der Waals surface area contributed by atoms with Gasteiger partial charge in [0.1, 0.15) is 17.3 Å². The van der Waals surface area contributed by atoms with E-state index >= 15 is 0 Å². The van der Waals surface area contributed by atoms with Crippen LogP contribution in [0.15, 0.2) is 18.2 Å². The molecule has 3 rings (SSSR count). The normalized spacial score (nSPS) is 15.0. The van der Waals surface area contributed by atoms with E-state index in [1.54, 1.807) is 0 Å². The second-order valence-corrected chi connectivity index (χ2v) is 5.27. The molecule has 0 radical (unpaired) electrons. The number of rotatable bonds is 2. The molecule has 1 aromatic carbocycles. The molecule has 1 aliphatic heterocycles. The topological polar surface area (TPSA) is 73.5 Å². The average molecular weight is 321 g/mol. The second-order valence-electron chi connectivity index (χ2n) is 5.27. The number of aldehydes is 1. The molecule has 120 valence electrons. The Labute approximate surface area is 129 Å². The minimum atomic E-state index is -0.739. The first kappa shape index (κ1) is 15.1. The molecule has 2 heterocycles. The Hall–Kier alpha value is -2.77. The summed E-state index contributed by atoms with van der Waals surface area (Å²) in [4.78, 5) is 39.7. The Balaban J connectivity index is 1.78. The van der Waals surface area contributed by atoms with Crippen molar-refractivity contribution in [1.82, 2.24) is 14.8 Å². The van der Waals surface area contributed by atoms with E-state index in [4.69, 9.17) is 0 Å². The fourth-order valence-corrected chi connectivity index (χ4v) is 2.65. The Bertz CT molecular complexity index is 795. The van der Waals surface area contributed by atoms with E-state index in [-0.39, 0.29) is 55.0 Å². The molecule has 23 heavy (non-hydrogen) atoms. The first-order valence-corrected chi connectivity index (χ1v) is 7.00. The molecule has 0 unspecified atom stereocenters. The second kappa shape index (κ2) is 5.79. The number of aromatic nitrogens is 1. The summed E-state index contributed by atoms with van der Waals surface area (Å²) in [7, 11) is 0. The third kappa shape index (κ3) is 2.79. The van der Waals surface area contributed by atoms with Gasteiger partial charge in [0, 0.05) is 37.6 Å². The van der Waals surface area contributed by atoms with Crippen LogP contribution in [-0.4, -0.2) is 59.1 Å². The lowest BCUT2D eigenvalue weighted by atomic mass is 10.2. The molecule has 2 aromatic rings. The van der Waals surface area contributed by atoms with Crippen LogP contribution in [0.4, 0.5) is 8.78 Å². The van der Waals surface area contributed by atoms with E-state index < -0.39 is 17.5 Å². The molecule has 6 nitrogen and oxygen atoms in total. The van der Waals surface area contributed by atoms with Crippen LogP contribution in [0.5, 0.6) is 0 Å². The van der Waals surface area contributed by atoms with E-state index in [0.29, 0.717) is 0 Å². The van der Waals surface area contributed by atoms with Gasteiger partial charge in [0.25, 0.3) is 11.8 Å². The molecule has 1 N–H and O–H groups in total. The molecule has 0 aliphatic carbocycles. The van der Waals surface area contributed by atoms with Gasteiger partial charge in [-0.3, -0.25) is 14.4 Å². The van der Waals surface area contributed by atoms with Gasteiger partial charge in [-0.05, 0) is 12.1 Å². The number of carbonyl (C=O) groups excluding carboxylic acids is 3. The highest BCUT2D eigenvalue weighted by atomic mass is 19.1. The molecule has 0 spiro atoms. The molecule has 0 atom stereocenters. The molecule has 1 aromatic heterocycles. The molecule has 0 saturated carbocycles. The number of nitrogens with one attached hydrogen (secondary N) is 1. The van der Waals surface area contributed by atoms with Crippen LogP contribution in [0.2, 0.25) is 0 Å². The van der Waals surface area contributed by atoms with Crippen molar-refractivity contribution in [3.8, 4) is 0 Å². The third-order valence-corrected chi connectivity index (χ3v) is 3.86. The number of halogens is 2. The number of aromatic amines is 1. The van der Waals surface area contributed by atoms with Crippen molar-refractivity contribution in [3.05, 3.63) is 35.5 Å². The van der Waals surface area contributed by atoms with Gasteiger partial charge in [-0.2, -0.15) is 0 Å². The predicted molar refractivity (Wildman–Crippen MR) is 76.8 cm³/mol. The lowest BCUT2D eigenvalue weighted by molar-refractivity contribution is -0.139. The van der Waals surface area contributed by atoms with Gasteiger partial charge in [-0.15, -0.1) is 0 Å². The van der Waals surface area contributed by atoms with Gasteiger partial charge >= 0.3 is 0 Å². The summed E-state index contributed by atoms with van der Waals surface area (Å²) in [5.74, 6) is -2.44. The number of fused-ring (bicyclic) bond motifs is 1. The number of hydrogen-bond donors (Lipinski definition) is 1. The van der Waals surface area contributed by atoms with Crippen molar-refractivity contribution >= 4 is 29.0 Å². The highest BCUT2D eigenvalue weighted by Gasteiger charge is 2.25. The average Bonchev–Trinajstić information content (AvgIpc) is 2.98. The molecular formula is C15H13F2N3O3. The largest absolute Gasteiger partial charge is 0.350 e. The predicted octanol–water partition coefficient (Wildman–Crippen LogP) is 0.929. The van der Waals surface area contributed by atoms with Crippen LogP contribution in [0.3, 0.4) is 0 Å². The molecular weight excluding hydrogens is 308 g/mol. The van der Waals surface area contributed by atoms with E-state index in [1.807, 2.05) is 0 Å². The van der Waals surface area contributed by atoms with Gasteiger partial charge in [-0.1, -0.05) is 0 Å². The quantitative estimate of drug-likeness (QED) is 0.660. The fraction of sp³-hybridized carbons (Fsp3) is 0.267. The smallest absolute Gasteiger partial charge is 0.286 e. The molecule has 8 heteroatoms. The zero-order chi connectivity index (χ0) is 16.6. The minimum Gasteiger partial charge on any atom is -0.350 e. The number of benzene rings is 1. The maximum atomic E-state index is 13.7. The monoisotopic (exact) mass is 321 g/mol. The summed E-state index contributed by atoms with van der Waals surface area (Å²) in [6.07, 6.45) is 0.243. The van der Waals surface area contributed by atoms with Crippen LogP contribution in [0.25, 0.3) is 10.9 Å². The summed E-state index contributed by atoms with van der Waals surface area (Å²) in [5.41, 5.74) is 0.361. The minimum absolute atomic E-state index is 0.143. The van der Waals surface area contributed by atoms with Crippen LogP contribution in [0, 0.1) is 11.6 Å². The van der Waals surface area contributed by atoms with Gasteiger partial charge in [0.05, 0.1) is 5.52 Å². The summed E-state index contributed by atoms with van der Waals surface area (Å²) < 4.78 is 26.9. The van der Waals surface area contributed by atoms with Crippen LogP contribution < -0.4 is 0 Å². The highest BCUT2D eigenvalue weighted by Crippen LogP contribution is 2.21. The third-order valence-electron chi connectivity index (χ3n) is 3.86. The van der Waals surface area contributed by atoms with Crippen LogP contribution in [-0.2, 0) is 9.59 Å². The van der Waals surface area contributed by atoms with Gasteiger partial charge in [-0.25, -0.2) is 8.78 Å². The first-order valence-electron chi connectivity index (χ1n) is 7.00. The lowest BCUT2D eigenvalue weighted by Crippen LogP contribution is -2.51. The van der Waals surface area contributed by atoms with Crippen molar-refractivity contribution in [2.45, 2.75) is 0 Å². The maximum absolute atomic E-state index is 13.7. The molecule has 1 aliphatic rings. The standard InChI is InChI=1S/C15H13F2N3O3/c16-9-5-11(17)10-7-13(18-12(10)6-9)15(23)20-3-1-19(2-4-20)14(22)8-21/h5-8,18H,1-4H2. The summed E-state index contributed by atoms with van der Waals surface area (Å²) in [5, 5.41) is 0.143. The Morgan fingerprint density at radius 3 is 2.35 bits per heavy atom. The van der Waals surface area contributed by atoms with Crippen LogP contribution in [0.1, 0.15) is 10.5 Å². The maximum Gasteiger partial charge on any atom is 0.286 e. The van der Waals surface area contributed by atoms with Crippen molar-refractivity contribution in [1.29, 1.82) is 0 Å². The molecule has 1 fully saturated rings. The molecule has 1 saturated heterocycles. The molecule has 0 bridgehead atoms. The van der Waals surface area contributed by atoms with Crippen molar-refractivity contribution in [3.63, 3.8) is 0 Å². The highest BCUT2D eigenvalue weighted by molar-refractivity contribution is 6.23. The number of nitrogens with zero attached hydrogens (tertiary/aromatic N) is 2. The zero-order valence-electron chi connectivity index (χ0n) is 12.0. The number of hydrogen-bond acceptors (Lipinski definition) is 3. The van der Waals surface area contributed by atoms with E-state index in [0.717, 1.165) is 12.1 Å². The first-order chi connectivity index (χ1) is 11.0. The van der Waals surface area contributed by atoms with Crippen molar-refractivity contribution in [2.75, 3.05) is 26.2 Å². The van der Waals surface area contributed by atoms with Crippen molar-refractivity contribution < 1.29 is 23.2 Å². The van der Waals surface area contributed by atoms with Crippen molar-refractivity contribution in [2.24, 2.45) is 0 Å². The number of H-pyrrole nitrogens is 1. The Morgan fingerprint density at radius 2 is 1.70 bits per heavy atom. The van der Waals surface area contributed by atoms with Crippen LogP contribution >= 0.6 is 0 Å². The number of carbonyl (C=O) groups is 3. The van der Waals surface area contributed by atoms with E-state index in [2.05, 4.69) is 4.98 Å². The lowest BCUT2D eigenvalue weighted by Gasteiger charge is -2.33. The zero-order valence-corrected chi connectivity index (χ0v) is 12.0. The molecule has 2 amide bonds. The summed E-state index contributed by atoms with van der Waals surface area (Å²) >= 11 is 0. The summed E-state index contributed by atoms with van der Waals surface area (Å²) in [6, 6.07) is 3.22. The SMILES string of the molecule is O=CC(=O)N1CCN(C(=O)c2cc3c(F)cc(F)cc3[nH]2)CC1.